The fourth-order valence-electron chi connectivity index (χ4n) is 1.82. The van der Waals surface area contributed by atoms with E-state index in [-0.39, 0.29) is 0 Å². The van der Waals surface area contributed by atoms with E-state index in [2.05, 4.69) is 12.1 Å². The Bertz CT molecular complexity index is 678. The maximum absolute atomic E-state index is 9.18. The first kappa shape index (κ1) is 13.2. The molecule has 2 rings (SSSR count). The van der Waals surface area contributed by atoms with Crippen LogP contribution in [-0.4, -0.2) is 0 Å². The third kappa shape index (κ3) is 2.96. The maximum Gasteiger partial charge on any atom is 0.100 e. The quantitative estimate of drug-likeness (QED) is 0.839. The molecule has 0 aromatic heterocycles. The highest BCUT2D eigenvalue weighted by Crippen LogP contribution is 2.34. The predicted octanol–water partition coefficient (Wildman–Crippen LogP) is 4.08. The molecule has 0 N–H and O–H groups in total. The Balaban J connectivity index is 2.43. The van der Waals surface area contributed by atoms with Crippen LogP contribution in [0.15, 0.2) is 52.3 Å². The van der Waals surface area contributed by atoms with Crippen molar-refractivity contribution < 1.29 is 0 Å². The maximum atomic E-state index is 9.18. The Labute approximate surface area is 117 Å². The second-order valence-corrected chi connectivity index (χ2v) is 5.16. The zero-order valence-corrected chi connectivity index (χ0v) is 11.4. The van der Waals surface area contributed by atoms with E-state index in [0.29, 0.717) is 12.0 Å². The molecule has 0 heterocycles. The van der Waals surface area contributed by atoms with Crippen LogP contribution in [0, 0.1) is 29.6 Å². The average Bonchev–Trinajstić information content (AvgIpc) is 2.43. The van der Waals surface area contributed by atoms with Crippen LogP contribution < -0.4 is 0 Å². The molecular weight excluding hydrogens is 252 g/mol. The summed E-state index contributed by atoms with van der Waals surface area (Å²) in [6.45, 7) is 2.00. The number of nitriles is 2. The number of benzene rings is 2. The van der Waals surface area contributed by atoms with Gasteiger partial charge in [-0.1, -0.05) is 42.1 Å². The highest BCUT2D eigenvalue weighted by atomic mass is 32.2. The van der Waals surface area contributed by atoms with Crippen molar-refractivity contribution in [1.82, 2.24) is 0 Å². The lowest BCUT2D eigenvalue weighted by Gasteiger charge is -2.10. The van der Waals surface area contributed by atoms with E-state index in [1.54, 1.807) is 11.8 Å². The van der Waals surface area contributed by atoms with Crippen molar-refractivity contribution in [2.45, 2.75) is 23.1 Å². The Morgan fingerprint density at radius 3 is 2.58 bits per heavy atom. The fourth-order valence-corrected chi connectivity index (χ4v) is 2.91. The number of rotatable bonds is 3. The third-order valence-electron chi connectivity index (χ3n) is 2.79. The topological polar surface area (TPSA) is 47.6 Å². The summed E-state index contributed by atoms with van der Waals surface area (Å²) in [5.74, 6) is 0. The molecule has 0 spiro atoms. The van der Waals surface area contributed by atoms with Gasteiger partial charge < -0.3 is 0 Å². The van der Waals surface area contributed by atoms with E-state index in [1.807, 2.05) is 49.4 Å². The van der Waals surface area contributed by atoms with Crippen molar-refractivity contribution in [2.24, 2.45) is 0 Å². The van der Waals surface area contributed by atoms with Crippen molar-refractivity contribution in [1.29, 1.82) is 10.5 Å². The summed E-state index contributed by atoms with van der Waals surface area (Å²) in [6.07, 6.45) is 0.386. The van der Waals surface area contributed by atoms with Gasteiger partial charge in [-0.25, -0.2) is 0 Å². The largest absolute Gasteiger partial charge is 0.198 e. The zero-order chi connectivity index (χ0) is 13.7. The smallest absolute Gasteiger partial charge is 0.100 e. The van der Waals surface area contributed by atoms with Gasteiger partial charge in [-0.05, 0) is 30.2 Å². The number of hydrogen-bond donors (Lipinski definition) is 0. The minimum absolute atomic E-state index is 0.386. The van der Waals surface area contributed by atoms with Gasteiger partial charge in [0.05, 0.1) is 18.1 Å². The van der Waals surface area contributed by atoms with E-state index >= 15 is 0 Å². The van der Waals surface area contributed by atoms with Gasteiger partial charge in [0.15, 0.2) is 0 Å². The predicted molar refractivity (Wildman–Crippen MR) is 75.8 cm³/mol. The molecule has 0 saturated carbocycles. The van der Waals surface area contributed by atoms with Crippen LogP contribution in [0.5, 0.6) is 0 Å². The molecule has 0 fully saturated rings. The molecule has 2 aromatic carbocycles. The van der Waals surface area contributed by atoms with E-state index in [4.69, 9.17) is 5.26 Å². The number of aryl methyl sites for hydroxylation is 1. The molecule has 0 unspecified atom stereocenters. The summed E-state index contributed by atoms with van der Waals surface area (Å²) < 4.78 is 0. The molecular formula is C16H12N2S. The molecule has 3 heteroatoms. The van der Waals surface area contributed by atoms with Gasteiger partial charge in [0.25, 0.3) is 0 Å². The van der Waals surface area contributed by atoms with Crippen molar-refractivity contribution in [3.05, 3.63) is 59.2 Å². The zero-order valence-electron chi connectivity index (χ0n) is 10.6. The number of hydrogen-bond acceptors (Lipinski definition) is 3. The second kappa shape index (κ2) is 6.09. The number of nitrogens with zero attached hydrogens (tertiary/aromatic N) is 2. The van der Waals surface area contributed by atoms with Crippen LogP contribution in [0.1, 0.15) is 16.7 Å². The minimum Gasteiger partial charge on any atom is -0.198 e. The van der Waals surface area contributed by atoms with Crippen molar-refractivity contribution in [2.75, 3.05) is 0 Å². The van der Waals surface area contributed by atoms with Crippen LogP contribution in [0.3, 0.4) is 0 Å². The molecule has 0 atom stereocenters. The molecule has 0 aliphatic carbocycles. The van der Waals surface area contributed by atoms with Gasteiger partial charge in [0.2, 0.25) is 0 Å². The van der Waals surface area contributed by atoms with E-state index in [1.165, 1.54) is 0 Å². The normalized spacial score (nSPS) is 9.63. The Morgan fingerprint density at radius 2 is 1.84 bits per heavy atom. The molecule has 0 bridgehead atoms. The Kier molecular flexibility index (Phi) is 4.23. The summed E-state index contributed by atoms with van der Waals surface area (Å²) in [6, 6.07) is 17.9. The van der Waals surface area contributed by atoms with Crippen LogP contribution in [0.4, 0.5) is 0 Å². The molecule has 0 aliphatic rings. The fraction of sp³-hybridized carbons (Fsp3) is 0.125. The molecule has 2 nitrogen and oxygen atoms in total. The lowest BCUT2D eigenvalue weighted by molar-refractivity contribution is 1.17. The van der Waals surface area contributed by atoms with Crippen molar-refractivity contribution in [3.63, 3.8) is 0 Å². The van der Waals surface area contributed by atoms with E-state index < -0.39 is 0 Å². The van der Waals surface area contributed by atoms with Gasteiger partial charge in [0.1, 0.15) is 6.07 Å². The summed E-state index contributed by atoms with van der Waals surface area (Å²) in [5, 5.41) is 18.0. The van der Waals surface area contributed by atoms with Crippen molar-refractivity contribution in [3.8, 4) is 12.1 Å². The van der Waals surface area contributed by atoms with Gasteiger partial charge in [-0.3, -0.25) is 0 Å². The van der Waals surface area contributed by atoms with Gasteiger partial charge >= 0.3 is 0 Å². The SMILES string of the molecule is Cc1cccc(C#N)c1Sc1ccccc1CC#N. The molecule has 0 saturated heterocycles. The first-order chi connectivity index (χ1) is 9.26. The average molecular weight is 264 g/mol. The first-order valence-electron chi connectivity index (χ1n) is 5.88. The lowest BCUT2D eigenvalue weighted by Crippen LogP contribution is -1.89. The molecule has 0 aliphatic heterocycles. The molecule has 92 valence electrons. The highest BCUT2D eigenvalue weighted by molar-refractivity contribution is 7.99. The van der Waals surface area contributed by atoms with Crippen LogP contribution >= 0.6 is 11.8 Å². The van der Waals surface area contributed by atoms with Crippen LogP contribution in [-0.2, 0) is 6.42 Å². The van der Waals surface area contributed by atoms with Gasteiger partial charge in [0, 0.05) is 9.79 Å². The monoisotopic (exact) mass is 264 g/mol. The van der Waals surface area contributed by atoms with E-state index in [9.17, 15) is 5.26 Å². The molecule has 2 aromatic rings. The molecule has 19 heavy (non-hydrogen) atoms. The van der Waals surface area contributed by atoms with Gasteiger partial charge in [-0.2, -0.15) is 10.5 Å². The second-order valence-electron chi connectivity index (χ2n) is 4.11. The third-order valence-corrected chi connectivity index (χ3v) is 4.15. The Morgan fingerprint density at radius 1 is 1.05 bits per heavy atom. The summed E-state index contributed by atoms with van der Waals surface area (Å²) >= 11 is 1.56. The highest BCUT2D eigenvalue weighted by Gasteiger charge is 2.09. The van der Waals surface area contributed by atoms with Crippen LogP contribution in [0.2, 0.25) is 0 Å². The minimum atomic E-state index is 0.386. The van der Waals surface area contributed by atoms with E-state index in [0.717, 1.165) is 20.9 Å². The van der Waals surface area contributed by atoms with Gasteiger partial charge in [-0.15, -0.1) is 0 Å². The van der Waals surface area contributed by atoms with Crippen molar-refractivity contribution >= 4 is 11.8 Å². The molecule has 0 amide bonds. The Hall–Kier alpha value is -2.23. The summed E-state index contributed by atoms with van der Waals surface area (Å²) in [5.41, 5.74) is 2.76. The summed E-state index contributed by atoms with van der Waals surface area (Å²) in [4.78, 5) is 2.00. The summed E-state index contributed by atoms with van der Waals surface area (Å²) in [7, 11) is 0. The lowest BCUT2D eigenvalue weighted by atomic mass is 10.1. The standard InChI is InChI=1S/C16H12N2S/c1-12-5-4-7-14(11-18)16(12)19-15-8-3-2-6-13(15)9-10-17/h2-8H,9H2,1H3. The van der Waals surface area contributed by atoms with Crippen LogP contribution in [0.25, 0.3) is 0 Å². The first-order valence-corrected chi connectivity index (χ1v) is 6.70. The molecule has 0 radical (unpaired) electrons.